The van der Waals surface area contributed by atoms with Gasteiger partial charge >= 0.3 is 0 Å². The number of rotatable bonds is 7. The van der Waals surface area contributed by atoms with Gasteiger partial charge in [0.25, 0.3) is 0 Å². The van der Waals surface area contributed by atoms with Crippen LogP contribution in [0.4, 0.5) is 0 Å². The number of hydrogen-bond acceptors (Lipinski definition) is 1. The second-order valence-electron chi connectivity index (χ2n) is 4.37. The average molecular weight is 185 g/mol. The molecule has 0 amide bonds. The molecule has 80 valence electrons. The fourth-order valence-corrected chi connectivity index (χ4v) is 2.16. The van der Waals surface area contributed by atoms with Gasteiger partial charge in [-0.1, -0.05) is 53.4 Å². The molecule has 2 unspecified atom stereocenters. The van der Waals surface area contributed by atoms with E-state index in [2.05, 4.69) is 27.7 Å². The lowest BCUT2D eigenvalue weighted by Gasteiger charge is -2.24. The van der Waals surface area contributed by atoms with E-state index in [9.17, 15) is 0 Å². The van der Waals surface area contributed by atoms with Gasteiger partial charge in [0.05, 0.1) is 0 Å². The zero-order chi connectivity index (χ0) is 10.3. The molecule has 0 aliphatic heterocycles. The molecule has 13 heavy (non-hydrogen) atoms. The van der Waals surface area contributed by atoms with Gasteiger partial charge in [-0.25, -0.2) is 0 Å². The van der Waals surface area contributed by atoms with Gasteiger partial charge in [0.1, 0.15) is 0 Å². The Kier molecular flexibility index (Phi) is 7.35. The molecule has 0 spiro atoms. The summed E-state index contributed by atoms with van der Waals surface area (Å²) in [6.07, 6.45) is 6.29. The second kappa shape index (κ2) is 7.37. The van der Waals surface area contributed by atoms with Gasteiger partial charge in [-0.3, -0.25) is 0 Å². The number of hydrogen-bond donors (Lipinski definition) is 1. The molecule has 0 bridgehead atoms. The molecule has 0 saturated heterocycles. The third-order valence-electron chi connectivity index (χ3n) is 3.11. The van der Waals surface area contributed by atoms with Crippen molar-refractivity contribution in [3.8, 4) is 0 Å². The Bertz CT molecular complexity index is 108. The predicted octanol–water partition coefficient (Wildman–Crippen LogP) is 3.58. The molecule has 0 aliphatic carbocycles. The first-order chi connectivity index (χ1) is 6.15. The molecule has 0 heterocycles. The van der Waals surface area contributed by atoms with Gasteiger partial charge in [-0.05, 0) is 18.3 Å². The Balaban J connectivity index is 3.75. The molecule has 0 aromatic heterocycles. The van der Waals surface area contributed by atoms with Crippen LogP contribution in [0.5, 0.6) is 0 Å². The van der Waals surface area contributed by atoms with E-state index in [1.165, 1.54) is 32.1 Å². The summed E-state index contributed by atoms with van der Waals surface area (Å²) in [5.74, 6) is 1.54. The molecule has 0 aromatic rings. The van der Waals surface area contributed by atoms with E-state index in [-0.39, 0.29) is 0 Å². The van der Waals surface area contributed by atoms with E-state index in [0.29, 0.717) is 6.04 Å². The average Bonchev–Trinajstić information content (AvgIpc) is 2.06. The summed E-state index contributed by atoms with van der Waals surface area (Å²) in [7, 11) is 0. The maximum absolute atomic E-state index is 6.17. The van der Waals surface area contributed by atoms with Gasteiger partial charge < -0.3 is 5.73 Å². The summed E-state index contributed by atoms with van der Waals surface area (Å²) in [5.41, 5.74) is 6.17. The molecule has 0 rings (SSSR count). The van der Waals surface area contributed by atoms with Crippen LogP contribution in [-0.2, 0) is 0 Å². The van der Waals surface area contributed by atoms with Gasteiger partial charge in [0, 0.05) is 6.04 Å². The molecule has 0 aromatic carbocycles. The highest BCUT2D eigenvalue weighted by Crippen LogP contribution is 2.20. The smallest absolute Gasteiger partial charge is 0.00694 e. The largest absolute Gasteiger partial charge is 0.327 e. The summed E-state index contributed by atoms with van der Waals surface area (Å²) in [5, 5.41) is 0. The molecular formula is C12H27N. The molecule has 0 radical (unpaired) electrons. The normalized spacial score (nSPS) is 16.2. The Morgan fingerprint density at radius 3 is 2.00 bits per heavy atom. The SMILES string of the molecule is CCCC(C)CC(N)C(CC)CC. The molecule has 0 aliphatic rings. The van der Waals surface area contributed by atoms with Crippen molar-refractivity contribution >= 4 is 0 Å². The van der Waals surface area contributed by atoms with E-state index in [1.54, 1.807) is 0 Å². The lowest BCUT2D eigenvalue weighted by molar-refractivity contribution is 0.326. The van der Waals surface area contributed by atoms with E-state index >= 15 is 0 Å². The minimum Gasteiger partial charge on any atom is -0.327 e. The lowest BCUT2D eigenvalue weighted by Crippen LogP contribution is -2.31. The van der Waals surface area contributed by atoms with Crippen LogP contribution in [0.15, 0.2) is 0 Å². The van der Waals surface area contributed by atoms with Crippen LogP contribution >= 0.6 is 0 Å². The van der Waals surface area contributed by atoms with E-state index in [4.69, 9.17) is 5.73 Å². The van der Waals surface area contributed by atoms with Gasteiger partial charge in [-0.2, -0.15) is 0 Å². The summed E-state index contributed by atoms with van der Waals surface area (Å²) >= 11 is 0. The van der Waals surface area contributed by atoms with Crippen molar-refractivity contribution in [2.24, 2.45) is 17.6 Å². The third-order valence-corrected chi connectivity index (χ3v) is 3.11. The van der Waals surface area contributed by atoms with Crippen molar-refractivity contribution in [2.45, 2.75) is 65.8 Å². The first-order valence-electron chi connectivity index (χ1n) is 5.91. The fourth-order valence-electron chi connectivity index (χ4n) is 2.16. The van der Waals surface area contributed by atoms with Crippen LogP contribution < -0.4 is 5.73 Å². The van der Waals surface area contributed by atoms with Crippen molar-refractivity contribution < 1.29 is 0 Å². The topological polar surface area (TPSA) is 26.0 Å². The minimum absolute atomic E-state index is 0.427. The number of nitrogens with two attached hydrogens (primary N) is 1. The van der Waals surface area contributed by atoms with Crippen LogP contribution in [0.3, 0.4) is 0 Å². The standard InChI is InChI=1S/C12H27N/c1-5-8-10(4)9-12(13)11(6-2)7-3/h10-12H,5-9,13H2,1-4H3. The highest BCUT2D eigenvalue weighted by atomic mass is 14.6. The Hall–Kier alpha value is -0.0400. The van der Waals surface area contributed by atoms with Crippen LogP contribution in [0.25, 0.3) is 0 Å². The monoisotopic (exact) mass is 185 g/mol. The minimum atomic E-state index is 0.427. The van der Waals surface area contributed by atoms with Gasteiger partial charge in [-0.15, -0.1) is 0 Å². The molecule has 0 fully saturated rings. The molecule has 0 saturated carbocycles. The predicted molar refractivity (Wildman–Crippen MR) is 60.7 cm³/mol. The van der Waals surface area contributed by atoms with Gasteiger partial charge in [0.2, 0.25) is 0 Å². The fraction of sp³-hybridized carbons (Fsp3) is 1.00. The lowest BCUT2D eigenvalue weighted by atomic mass is 9.87. The summed E-state index contributed by atoms with van der Waals surface area (Å²) in [4.78, 5) is 0. The van der Waals surface area contributed by atoms with Crippen LogP contribution in [0.1, 0.15) is 59.8 Å². The molecule has 1 heteroatoms. The van der Waals surface area contributed by atoms with Crippen molar-refractivity contribution in [1.82, 2.24) is 0 Å². The Labute approximate surface area is 84.1 Å². The van der Waals surface area contributed by atoms with E-state index in [1.807, 2.05) is 0 Å². The van der Waals surface area contributed by atoms with Crippen molar-refractivity contribution in [3.05, 3.63) is 0 Å². The summed E-state index contributed by atoms with van der Waals surface area (Å²) in [6.45, 7) is 9.07. The van der Waals surface area contributed by atoms with Crippen molar-refractivity contribution in [2.75, 3.05) is 0 Å². The highest BCUT2D eigenvalue weighted by molar-refractivity contribution is 4.73. The first kappa shape index (κ1) is 13.0. The maximum atomic E-state index is 6.17. The first-order valence-corrected chi connectivity index (χ1v) is 5.91. The second-order valence-corrected chi connectivity index (χ2v) is 4.37. The Morgan fingerprint density at radius 2 is 1.62 bits per heavy atom. The summed E-state index contributed by atoms with van der Waals surface area (Å²) < 4.78 is 0. The molecule has 2 atom stereocenters. The zero-order valence-corrected chi connectivity index (χ0v) is 9.84. The van der Waals surface area contributed by atoms with Crippen molar-refractivity contribution in [3.63, 3.8) is 0 Å². The molecule has 2 N–H and O–H groups in total. The van der Waals surface area contributed by atoms with Crippen molar-refractivity contribution in [1.29, 1.82) is 0 Å². The summed E-state index contributed by atoms with van der Waals surface area (Å²) in [6, 6.07) is 0.427. The van der Waals surface area contributed by atoms with Gasteiger partial charge in [0.15, 0.2) is 0 Å². The third kappa shape index (κ3) is 5.30. The van der Waals surface area contributed by atoms with E-state index < -0.39 is 0 Å². The van der Waals surface area contributed by atoms with Crippen LogP contribution in [0.2, 0.25) is 0 Å². The Morgan fingerprint density at radius 1 is 1.08 bits per heavy atom. The van der Waals surface area contributed by atoms with E-state index in [0.717, 1.165) is 11.8 Å². The van der Waals surface area contributed by atoms with Crippen LogP contribution in [-0.4, -0.2) is 6.04 Å². The van der Waals surface area contributed by atoms with Crippen LogP contribution in [0, 0.1) is 11.8 Å². The zero-order valence-electron chi connectivity index (χ0n) is 9.84. The highest BCUT2D eigenvalue weighted by Gasteiger charge is 2.16. The molecule has 1 nitrogen and oxygen atoms in total. The quantitative estimate of drug-likeness (QED) is 0.644. The molecular weight excluding hydrogens is 158 g/mol. The maximum Gasteiger partial charge on any atom is 0.00694 e.